The van der Waals surface area contributed by atoms with Crippen LogP contribution in [0.1, 0.15) is 0 Å². The molecule has 2 N–H and O–H groups in total. The molecule has 1 aromatic heterocycles. The first-order chi connectivity index (χ1) is 14.7. The molecule has 0 aliphatic rings. The van der Waals surface area contributed by atoms with E-state index >= 15 is 0 Å². The maximum absolute atomic E-state index is 14.0. The van der Waals surface area contributed by atoms with Crippen molar-refractivity contribution in [1.29, 1.82) is 0 Å². The van der Waals surface area contributed by atoms with E-state index in [2.05, 4.69) is 18.2 Å². The van der Waals surface area contributed by atoms with Crippen molar-refractivity contribution in [3.05, 3.63) is 109 Å². The van der Waals surface area contributed by atoms with Crippen LogP contribution < -0.4 is 5.73 Å². The molecule has 2 nitrogen and oxygen atoms in total. The molecule has 144 valence electrons. The lowest BCUT2D eigenvalue weighted by Crippen LogP contribution is -2.00. The fourth-order valence-corrected chi connectivity index (χ4v) is 3.84. The number of pyridine rings is 1. The average Bonchev–Trinajstić information content (AvgIpc) is 2.79. The fraction of sp³-hybridized carbons (Fsp3) is 0. The Morgan fingerprint density at radius 1 is 0.633 bits per heavy atom. The van der Waals surface area contributed by atoms with Gasteiger partial charge in [-0.15, -0.1) is 0 Å². The summed E-state index contributed by atoms with van der Waals surface area (Å²) in [4.78, 5) is 4.95. The van der Waals surface area contributed by atoms with Gasteiger partial charge in [0.2, 0.25) is 0 Å². The molecule has 0 saturated carbocycles. The number of fused-ring (bicyclic) bond motifs is 1. The number of rotatable bonds is 3. The molecule has 30 heavy (non-hydrogen) atoms. The van der Waals surface area contributed by atoms with Crippen LogP contribution in [-0.2, 0) is 0 Å². The molecule has 5 rings (SSSR count). The minimum absolute atomic E-state index is 0.295. The summed E-state index contributed by atoms with van der Waals surface area (Å²) in [6.07, 6.45) is 0. The molecule has 0 saturated heterocycles. The molecule has 0 unspecified atom stereocenters. The number of halogens is 1. The molecule has 0 bridgehead atoms. The van der Waals surface area contributed by atoms with E-state index in [9.17, 15) is 4.39 Å². The largest absolute Gasteiger partial charge is 0.396 e. The molecular weight excluding hydrogens is 371 g/mol. The Labute approximate surface area is 174 Å². The predicted octanol–water partition coefficient (Wildman–Crippen LogP) is 6.96. The van der Waals surface area contributed by atoms with Gasteiger partial charge in [-0.05, 0) is 34.5 Å². The Bertz CT molecular complexity index is 1360. The third-order valence-corrected chi connectivity index (χ3v) is 5.31. The SMILES string of the molecule is Nc1c(-c2cccc(F)c2)cc(-c2ccccc2)nc1-c1cccc2ccccc12. The molecule has 0 spiro atoms. The van der Waals surface area contributed by atoms with E-state index in [1.54, 1.807) is 6.07 Å². The van der Waals surface area contributed by atoms with E-state index in [4.69, 9.17) is 10.7 Å². The summed E-state index contributed by atoms with van der Waals surface area (Å²) >= 11 is 0. The van der Waals surface area contributed by atoms with Gasteiger partial charge in [0.25, 0.3) is 0 Å². The maximum Gasteiger partial charge on any atom is 0.123 e. The number of aromatic nitrogens is 1. The summed E-state index contributed by atoms with van der Waals surface area (Å²) in [5.74, 6) is -0.295. The van der Waals surface area contributed by atoms with Crippen LogP contribution in [0.5, 0.6) is 0 Å². The monoisotopic (exact) mass is 390 g/mol. The number of nitrogen functional groups attached to an aromatic ring is 1. The standard InChI is InChI=1S/C27H19FN2/c28-21-13-6-12-20(16-21)24-17-25(19-9-2-1-3-10-19)30-27(26(24)29)23-15-7-11-18-8-4-5-14-22(18)23/h1-17H,29H2. The quantitative estimate of drug-likeness (QED) is 0.362. The Kier molecular flexibility index (Phi) is 4.49. The molecule has 5 aromatic rings. The van der Waals surface area contributed by atoms with Gasteiger partial charge in [-0.2, -0.15) is 0 Å². The van der Waals surface area contributed by atoms with Gasteiger partial charge in [0.1, 0.15) is 5.82 Å². The molecule has 1 heterocycles. The van der Waals surface area contributed by atoms with Crippen LogP contribution in [-0.4, -0.2) is 4.98 Å². The Balaban J connectivity index is 1.83. The maximum atomic E-state index is 14.0. The van der Waals surface area contributed by atoms with E-state index in [1.807, 2.05) is 66.7 Å². The van der Waals surface area contributed by atoms with Crippen LogP contribution in [0.2, 0.25) is 0 Å². The highest BCUT2D eigenvalue weighted by Crippen LogP contribution is 2.39. The second-order valence-electron chi connectivity index (χ2n) is 7.22. The zero-order chi connectivity index (χ0) is 20.5. The van der Waals surface area contributed by atoms with Crippen molar-refractivity contribution in [3.8, 4) is 33.6 Å². The summed E-state index contributed by atoms with van der Waals surface area (Å²) in [6, 6.07) is 32.7. The van der Waals surface area contributed by atoms with Crippen LogP contribution in [0, 0.1) is 5.82 Å². The van der Waals surface area contributed by atoms with E-state index in [-0.39, 0.29) is 5.82 Å². The number of anilines is 1. The normalized spacial score (nSPS) is 11.0. The first-order valence-corrected chi connectivity index (χ1v) is 9.81. The molecule has 0 aliphatic carbocycles. The molecule has 0 aliphatic heterocycles. The molecule has 3 heteroatoms. The number of hydrogen-bond donors (Lipinski definition) is 1. The number of nitrogens with two attached hydrogens (primary N) is 1. The zero-order valence-electron chi connectivity index (χ0n) is 16.2. The predicted molar refractivity (Wildman–Crippen MR) is 122 cm³/mol. The summed E-state index contributed by atoms with van der Waals surface area (Å²) in [5, 5.41) is 2.20. The summed E-state index contributed by atoms with van der Waals surface area (Å²) in [5.41, 5.74) is 12.1. The lowest BCUT2D eigenvalue weighted by atomic mass is 9.95. The van der Waals surface area contributed by atoms with Crippen molar-refractivity contribution in [3.63, 3.8) is 0 Å². The van der Waals surface area contributed by atoms with Crippen LogP contribution in [0.15, 0.2) is 103 Å². The smallest absolute Gasteiger partial charge is 0.123 e. The van der Waals surface area contributed by atoms with Crippen LogP contribution in [0.25, 0.3) is 44.4 Å². The highest BCUT2D eigenvalue weighted by atomic mass is 19.1. The Hall–Kier alpha value is -3.98. The first kappa shape index (κ1) is 18.1. The summed E-state index contributed by atoms with van der Waals surface area (Å²) in [7, 11) is 0. The van der Waals surface area contributed by atoms with E-state index < -0.39 is 0 Å². The molecule has 0 amide bonds. The van der Waals surface area contributed by atoms with Gasteiger partial charge in [-0.1, -0.05) is 84.9 Å². The summed E-state index contributed by atoms with van der Waals surface area (Å²) < 4.78 is 14.0. The van der Waals surface area contributed by atoms with Gasteiger partial charge in [0, 0.05) is 16.7 Å². The third-order valence-electron chi connectivity index (χ3n) is 5.31. The van der Waals surface area contributed by atoms with Crippen molar-refractivity contribution in [1.82, 2.24) is 4.98 Å². The van der Waals surface area contributed by atoms with E-state index in [1.165, 1.54) is 12.1 Å². The topological polar surface area (TPSA) is 38.9 Å². The second kappa shape index (κ2) is 7.45. The highest BCUT2D eigenvalue weighted by molar-refractivity contribution is 6.01. The minimum atomic E-state index is -0.295. The van der Waals surface area contributed by atoms with Crippen molar-refractivity contribution < 1.29 is 4.39 Å². The van der Waals surface area contributed by atoms with Crippen molar-refractivity contribution in [2.24, 2.45) is 0 Å². The second-order valence-corrected chi connectivity index (χ2v) is 7.22. The lowest BCUT2D eigenvalue weighted by molar-refractivity contribution is 0.628. The lowest BCUT2D eigenvalue weighted by Gasteiger charge is -2.16. The van der Waals surface area contributed by atoms with Gasteiger partial charge in [0.15, 0.2) is 0 Å². The molecule has 0 atom stereocenters. The summed E-state index contributed by atoms with van der Waals surface area (Å²) in [6.45, 7) is 0. The fourth-order valence-electron chi connectivity index (χ4n) is 3.84. The Morgan fingerprint density at radius 2 is 1.33 bits per heavy atom. The van der Waals surface area contributed by atoms with Gasteiger partial charge in [0.05, 0.1) is 17.1 Å². The number of benzene rings is 4. The average molecular weight is 390 g/mol. The van der Waals surface area contributed by atoms with Crippen molar-refractivity contribution >= 4 is 16.5 Å². The molecule has 0 radical (unpaired) electrons. The van der Waals surface area contributed by atoms with E-state index in [0.29, 0.717) is 11.4 Å². The highest BCUT2D eigenvalue weighted by Gasteiger charge is 2.16. The number of nitrogens with zero attached hydrogens (tertiary/aromatic N) is 1. The van der Waals surface area contributed by atoms with Gasteiger partial charge in [-0.3, -0.25) is 0 Å². The third kappa shape index (κ3) is 3.20. The van der Waals surface area contributed by atoms with E-state index in [0.717, 1.165) is 38.7 Å². The molecular formula is C27H19FN2. The van der Waals surface area contributed by atoms with Crippen molar-refractivity contribution in [2.45, 2.75) is 0 Å². The van der Waals surface area contributed by atoms with Gasteiger partial charge >= 0.3 is 0 Å². The first-order valence-electron chi connectivity index (χ1n) is 9.81. The van der Waals surface area contributed by atoms with Gasteiger partial charge < -0.3 is 5.73 Å². The minimum Gasteiger partial charge on any atom is -0.396 e. The van der Waals surface area contributed by atoms with Gasteiger partial charge in [-0.25, -0.2) is 9.37 Å². The Morgan fingerprint density at radius 3 is 2.17 bits per heavy atom. The van der Waals surface area contributed by atoms with Crippen LogP contribution >= 0.6 is 0 Å². The van der Waals surface area contributed by atoms with Crippen LogP contribution in [0.3, 0.4) is 0 Å². The molecule has 0 fully saturated rings. The van der Waals surface area contributed by atoms with Crippen molar-refractivity contribution in [2.75, 3.05) is 5.73 Å². The zero-order valence-corrected chi connectivity index (χ0v) is 16.2. The molecule has 4 aromatic carbocycles. The van der Waals surface area contributed by atoms with Crippen LogP contribution in [0.4, 0.5) is 10.1 Å². The number of hydrogen-bond acceptors (Lipinski definition) is 2.